The Kier molecular flexibility index (Phi) is 9.47. The van der Waals surface area contributed by atoms with Crippen LogP contribution in [0.15, 0.2) is 59.6 Å². The normalized spacial score (nSPS) is 18.3. The first-order valence-corrected chi connectivity index (χ1v) is 13.7. The van der Waals surface area contributed by atoms with Crippen LogP contribution in [0.3, 0.4) is 0 Å². The van der Waals surface area contributed by atoms with Crippen molar-refractivity contribution in [3.05, 3.63) is 60.3 Å². The highest BCUT2D eigenvalue weighted by Gasteiger charge is 2.33. The number of piperidine rings is 1. The molecule has 0 aliphatic carbocycles. The molecule has 36 heavy (non-hydrogen) atoms. The van der Waals surface area contributed by atoms with Crippen LogP contribution in [-0.4, -0.2) is 60.6 Å². The predicted molar refractivity (Wildman–Crippen MR) is 145 cm³/mol. The van der Waals surface area contributed by atoms with Gasteiger partial charge in [-0.2, -0.15) is 0 Å². The van der Waals surface area contributed by atoms with Crippen molar-refractivity contribution in [2.75, 3.05) is 39.6 Å². The number of thioether (sulfide) groups is 1. The third kappa shape index (κ3) is 6.92. The highest BCUT2D eigenvalue weighted by Crippen LogP contribution is 2.30. The molecule has 0 amide bonds. The lowest BCUT2D eigenvalue weighted by atomic mass is 9.81. The van der Waals surface area contributed by atoms with Crippen LogP contribution >= 0.6 is 11.8 Å². The number of carboxylic acids is 1. The third-order valence-corrected chi connectivity index (χ3v) is 8.23. The quantitative estimate of drug-likeness (QED) is 0.246. The molecule has 4 rings (SSSR count). The molecule has 7 heteroatoms. The number of hydrogen-bond donors (Lipinski definition) is 1. The van der Waals surface area contributed by atoms with Crippen LogP contribution in [0.2, 0.25) is 0 Å². The van der Waals surface area contributed by atoms with E-state index in [1.54, 1.807) is 14.2 Å². The number of carbonyl (C=O) groups is 1. The number of hydrogen-bond acceptors (Lipinski definition) is 6. The van der Waals surface area contributed by atoms with Gasteiger partial charge in [0, 0.05) is 23.0 Å². The Morgan fingerprint density at radius 1 is 1.11 bits per heavy atom. The second kappa shape index (κ2) is 13.0. The lowest BCUT2D eigenvalue weighted by molar-refractivity contribution is -0.146. The van der Waals surface area contributed by atoms with Crippen LogP contribution in [0.4, 0.5) is 0 Å². The second-order valence-electron chi connectivity index (χ2n) is 9.42. The van der Waals surface area contributed by atoms with Gasteiger partial charge in [0.05, 0.1) is 25.7 Å². The number of aliphatic carboxylic acids is 1. The molecule has 192 valence electrons. The minimum Gasteiger partial charge on any atom is -0.497 e. The van der Waals surface area contributed by atoms with Gasteiger partial charge in [0.1, 0.15) is 11.5 Å². The fourth-order valence-electron chi connectivity index (χ4n) is 5.15. The van der Waals surface area contributed by atoms with Gasteiger partial charge in [0.25, 0.3) is 0 Å². The van der Waals surface area contributed by atoms with Crippen molar-refractivity contribution in [1.29, 1.82) is 0 Å². The van der Waals surface area contributed by atoms with E-state index in [1.807, 2.05) is 48.3 Å². The van der Waals surface area contributed by atoms with E-state index in [-0.39, 0.29) is 11.8 Å². The summed E-state index contributed by atoms with van der Waals surface area (Å²) in [6, 6.07) is 16.2. The molecule has 1 N–H and O–H groups in total. The zero-order chi connectivity index (χ0) is 25.3. The molecule has 3 aromatic rings. The molecule has 0 radical (unpaired) electrons. The fourth-order valence-corrected chi connectivity index (χ4v) is 6.03. The van der Waals surface area contributed by atoms with Crippen molar-refractivity contribution in [2.45, 2.75) is 37.0 Å². The summed E-state index contributed by atoms with van der Waals surface area (Å²) in [5.74, 6) is 2.00. The average Bonchev–Trinajstić information content (AvgIpc) is 2.91. The molecule has 2 heterocycles. The van der Waals surface area contributed by atoms with Gasteiger partial charge in [-0.3, -0.25) is 9.78 Å². The molecule has 1 saturated heterocycles. The first-order valence-electron chi connectivity index (χ1n) is 12.7. The van der Waals surface area contributed by atoms with Crippen molar-refractivity contribution in [1.82, 2.24) is 9.88 Å². The molecular weight excluding hydrogens is 472 g/mol. The topological polar surface area (TPSA) is 71.9 Å². The molecule has 1 fully saturated rings. The maximum Gasteiger partial charge on any atom is 0.308 e. The smallest absolute Gasteiger partial charge is 0.308 e. The van der Waals surface area contributed by atoms with Crippen LogP contribution in [0.1, 0.15) is 31.2 Å². The number of carboxylic acid groups (broad SMARTS) is 1. The van der Waals surface area contributed by atoms with Gasteiger partial charge in [-0.1, -0.05) is 6.07 Å². The zero-order valence-electron chi connectivity index (χ0n) is 21.2. The lowest BCUT2D eigenvalue weighted by Crippen LogP contribution is -2.44. The van der Waals surface area contributed by atoms with Gasteiger partial charge in [-0.05, 0) is 105 Å². The number of pyridine rings is 1. The number of rotatable bonds is 12. The van der Waals surface area contributed by atoms with Gasteiger partial charge < -0.3 is 19.5 Å². The van der Waals surface area contributed by atoms with Crippen molar-refractivity contribution in [3.63, 3.8) is 0 Å². The van der Waals surface area contributed by atoms with E-state index in [0.717, 1.165) is 73.3 Å². The number of fused-ring (bicyclic) bond motifs is 1. The molecule has 1 aliphatic heterocycles. The second-order valence-corrected chi connectivity index (χ2v) is 10.6. The molecule has 0 unspecified atom stereocenters. The van der Waals surface area contributed by atoms with Crippen LogP contribution < -0.4 is 9.47 Å². The number of likely N-dealkylation sites (tertiary alicyclic amines) is 1. The average molecular weight is 509 g/mol. The number of benzene rings is 2. The molecule has 0 saturated carbocycles. The lowest BCUT2D eigenvalue weighted by Gasteiger charge is -2.36. The Morgan fingerprint density at radius 3 is 2.75 bits per heavy atom. The molecular formula is C29H36N2O4S. The standard InChI is InChI=1S/C29H36N2O4S/c1-34-23-8-4-9-25(18-23)36-17-5-15-31-16-13-22(27(20-31)29(32)33)7-3-6-21-12-14-30-28-11-10-24(35-2)19-26(21)28/h4,8-12,14,18-19,22,27H,3,5-7,13,15-17,20H2,1-2H3,(H,32,33)/t22-,27+/m1/s1. The summed E-state index contributed by atoms with van der Waals surface area (Å²) in [6.45, 7) is 2.57. The van der Waals surface area contributed by atoms with E-state index in [2.05, 4.69) is 28.1 Å². The summed E-state index contributed by atoms with van der Waals surface area (Å²) in [6.07, 6.45) is 6.67. The Labute approximate surface area is 218 Å². The summed E-state index contributed by atoms with van der Waals surface area (Å²) in [7, 11) is 3.36. The monoisotopic (exact) mass is 508 g/mol. The van der Waals surface area contributed by atoms with Gasteiger partial charge in [-0.25, -0.2) is 0 Å². The highest BCUT2D eigenvalue weighted by atomic mass is 32.2. The summed E-state index contributed by atoms with van der Waals surface area (Å²) in [5, 5.41) is 11.1. The Balaban J connectivity index is 1.25. The first kappa shape index (κ1) is 26.3. The van der Waals surface area contributed by atoms with E-state index in [9.17, 15) is 9.90 Å². The van der Waals surface area contributed by atoms with E-state index >= 15 is 0 Å². The predicted octanol–water partition coefficient (Wildman–Crippen LogP) is 5.78. The summed E-state index contributed by atoms with van der Waals surface area (Å²) in [4.78, 5) is 20.1. The van der Waals surface area contributed by atoms with Gasteiger partial charge in [-0.15, -0.1) is 11.8 Å². The Hall–Kier alpha value is -2.77. The van der Waals surface area contributed by atoms with Crippen molar-refractivity contribution in [2.24, 2.45) is 11.8 Å². The Bertz CT molecular complexity index is 1160. The number of aryl methyl sites for hydroxylation is 1. The number of methoxy groups -OCH3 is 2. The maximum absolute atomic E-state index is 12.1. The number of ether oxygens (including phenoxy) is 2. The minimum absolute atomic E-state index is 0.229. The zero-order valence-corrected chi connectivity index (χ0v) is 22.0. The number of nitrogens with zero attached hydrogens (tertiary/aromatic N) is 2. The highest BCUT2D eigenvalue weighted by molar-refractivity contribution is 7.99. The van der Waals surface area contributed by atoms with E-state index in [1.165, 1.54) is 10.5 Å². The molecule has 0 bridgehead atoms. The molecule has 1 aromatic heterocycles. The van der Waals surface area contributed by atoms with Gasteiger partial charge >= 0.3 is 5.97 Å². The molecule has 0 spiro atoms. The maximum atomic E-state index is 12.1. The molecule has 6 nitrogen and oxygen atoms in total. The molecule has 2 atom stereocenters. The SMILES string of the molecule is COc1cccc(SCCCN2CC[C@@H](CCCc3ccnc4ccc(OC)cc34)[C@@H](C(=O)O)C2)c1. The fraction of sp³-hybridized carbons (Fsp3) is 0.448. The van der Waals surface area contributed by atoms with Crippen molar-refractivity contribution < 1.29 is 19.4 Å². The molecule has 2 aromatic carbocycles. The van der Waals surface area contributed by atoms with Crippen LogP contribution in [-0.2, 0) is 11.2 Å². The van der Waals surface area contributed by atoms with Gasteiger partial charge in [0.15, 0.2) is 0 Å². The van der Waals surface area contributed by atoms with E-state index in [4.69, 9.17) is 9.47 Å². The van der Waals surface area contributed by atoms with Gasteiger partial charge in [0.2, 0.25) is 0 Å². The first-order chi connectivity index (χ1) is 17.6. The van der Waals surface area contributed by atoms with E-state index < -0.39 is 5.97 Å². The summed E-state index contributed by atoms with van der Waals surface area (Å²) in [5.41, 5.74) is 2.21. The summed E-state index contributed by atoms with van der Waals surface area (Å²) >= 11 is 1.82. The van der Waals surface area contributed by atoms with Crippen LogP contribution in [0.25, 0.3) is 10.9 Å². The summed E-state index contributed by atoms with van der Waals surface area (Å²) < 4.78 is 10.7. The van der Waals surface area contributed by atoms with E-state index in [0.29, 0.717) is 6.54 Å². The Morgan fingerprint density at radius 2 is 1.94 bits per heavy atom. The third-order valence-electron chi connectivity index (χ3n) is 7.15. The van der Waals surface area contributed by atoms with Crippen LogP contribution in [0.5, 0.6) is 11.5 Å². The van der Waals surface area contributed by atoms with Crippen molar-refractivity contribution in [3.8, 4) is 11.5 Å². The van der Waals surface area contributed by atoms with Crippen LogP contribution in [0, 0.1) is 11.8 Å². The van der Waals surface area contributed by atoms with Crippen molar-refractivity contribution >= 4 is 28.6 Å². The number of aromatic nitrogens is 1. The molecule has 1 aliphatic rings. The minimum atomic E-state index is -0.658. The largest absolute Gasteiger partial charge is 0.497 e.